The van der Waals surface area contributed by atoms with Gasteiger partial charge < -0.3 is 10.1 Å². The van der Waals surface area contributed by atoms with Gasteiger partial charge >= 0.3 is 0 Å². The van der Waals surface area contributed by atoms with Gasteiger partial charge in [-0.05, 0) is 26.0 Å². The summed E-state index contributed by atoms with van der Waals surface area (Å²) in [4.78, 5) is 2.47. The predicted molar refractivity (Wildman–Crippen MR) is 54.5 cm³/mol. The van der Waals surface area contributed by atoms with Gasteiger partial charge in [-0.15, -0.1) is 0 Å². The number of ether oxygens (including phenoxy) is 1. The van der Waals surface area contributed by atoms with E-state index in [9.17, 15) is 0 Å². The molecule has 3 heteroatoms. The number of hydrogen-bond donors (Lipinski definition) is 1. The molecule has 1 saturated heterocycles. The Morgan fingerprint density at radius 2 is 2.31 bits per heavy atom. The zero-order valence-electron chi connectivity index (χ0n) is 8.62. The van der Waals surface area contributed by atoms with Crippen molar-refractivity contribution in [3.63, 3.8) is 0 Å². The summed E-state index contributed by atoms with van der Waals surface area (Å²) in [6.45, 7) is 7.11. The highest BCUT2D eigenvalue weighted by atomic mass is 16.5. The summed E-state index contributed by atoms with van der Waals surface area (Å²) in [5.74, 6) is 0. The van der Waals surface area contributed by atoms with Crippen molar-refractivity contribution in [1.29, 1.82) is 5.41 Å². The van der Waals surface area contributed by atoms with Crippen LogP contribution in [0.1, 0.15) is 26.7 Å². The van der Waals surface area contributed by atoms with Crippen molar-refractivity contribution in [2.45, 2.75) is 38.8 Å². The van der Waals surface area contributed by atoms with E-state index in [2.05, 4.69) is 18.7 Å². The molecule has 0 saturated carbocycles. The van der Waals surface area contributed by atoms with Gasteiger partial charge in [0.15, 0.2) is 0 Å². The quantitative estimate of drug-likeness (QED) is 0.673. The molecule has 2 atom stereocenters. The molecule has 0 aliphatic carbocycles. The minimum absolute atomic E-state index is 0.513. The first kappa shape index (κ1) is 10.7. The van der Waals surface area contributed by atoms with E-state index in [1.54, 1.807) is 0 Å². The zero-order chi connectivity index (χ0) is 9.68. The third-order valence-corrected chi connectivity index (χ3v) is 2.71. The topological polar surface area (TPSA) is 36.3 Å². The lowest BCUT2D eigenvalue weighted by molar-refractivity contribution is -0.0425. The fourth-order valence-corrected chi connectivity index (χ4v) is 1.89. The first-order valence-corrected chi connectivity index (χ1v) is 5.12. The van der Waals surface area contributed by atoms with E-state index in [0.29, 0.717) is 12.1 Å². The summed E-state index contributed by atoms with van der Waals surface area (Å²) in [6, 6.07) is 1.07. The summed E-state index contributed by atoms with van der Waals surface area (Å²) in [7, 11) is 0. The summed E-state index contributed by atoms with van der Waals surface area (Å²) in [6.07, 6.45) is 3.50. The van der Waals surface area contributed by atoms with Gasteiger partial charge in [0.05, 0.1) is 13.2 Å². The monoisotopic (exact) mass is 184 g/mol. The van der Waals surface area contributed by atoms with Gasteiger partial charge in [-0.2, -0.15) is 0 Å². The van der Waals surface area contributed by atoms with E-state index in [1.165, 1.54) is 6.21 Å². The standard InChI is InChI=1S/C10H20N2O/c1-3-10-8-13-7-9(2)12(10)6-4-5-11/h5,9-11H,3-4,6-8H2,1-2H3. The second-order valence-corrected chi connectivity index (χ2v) is 3.68. The molecule has 1 aliphatic heterocycles. The Kier molecular flexibility index (Phi) is 4.39. The molecule has 76 valence electrons. The number of hydrogen-bond acceptors (Lipinski definition) is 3. The Balaban J connectivity index is 2.46. The molecule has 13 heavy (non-hydrogen) atoms. The van der Waals surface area contributed by atoms with Crippen LogP contribution in [0.25, 0.3) is 0 Å². The van der Waals surface area contributed by atoms with Crippen molar-refractivity contribution in [2.75, 3.05) is 19.8 Å². The molecular weight excluding hydrogens is 164 g/mol. The highest BCUT2D eigenvalue weighted by molar-refractivity contribution is 5.52. The summed E-state index contributed by atoms with van der Waals surface area (Å²) in [5.41, 5.74) is 0. The maximum absolute atomic E-state index is 7.03. The molecule has 0 bridgehead atoms. The van der Waals surface area contributed by atoms with E-state index in [-0.39, 0.29) is 0 Å². The minimum Gasteiger partial charge on any atom is -0.378 e. The molecule has 1 rings (SSSR count). The van der Waals surface area contributed by atoms with Gasteiger partial charge in [-0.3, -0.25) is 4.90 Å². The third-order valence-electron chi connectivity index (χ3n) is 2.71. The van der Waals surface area contributed by atoms with Crippen LogP contribution in [0.4, 0.5) is 0 Å². The van der Waals surface area contributed by atoms with Gasteiger partial charge in [0.25, 0.3) is 0 Å². The Morgan fingerprint density at radius 1 is 1.54 bits per heavy atom. The molecule has 0 radical (unpaired) electrons. The van der Waals surface area contributed by atoms with Crippen molar-refractivity contribution >= 4 is 6.21 Å². The maximum atomic E-state index is 7.03. The Hall–Kier alpha value is -0.410. The third kappa shape index (κ3) is 2.78. The van der Waals surface area contributed by atoms with Crippen molar-refractivity contribution in [3.05, 3.63) is 0 Å². The van der Waals surface area contributed by atoms with Gasteiger partial charge in [0, 0.05) is 18.6 Å². The highest BCUT2D eigenvalue weighted by Crippen LogP contribution is 2.15. The molecule has 1 aliphatic rings. The van der Waals surface area contributed by atoms with Crippen LogP contribution in [0.15, 0.2) is 0 Å². The van der Waals surface area contributed by atoms with Crippen LogP contribution in [0.2, 0.25) is 0 Å². The zero-order valence-corrected chi connectivity index (χ0v) is 8.62. The van der Waals surface area contributed by atoms with Crippen LogP contribution in [-0.2, 0) is 4.74 Å². The molecule has 0 aromatic carbocycles. The number of morpholine rings is 1. The summed E-state index contributed by atoms with van der Waals surface area (Å²) in [5, 5.41) is 7.03. The van der Waals surface area contributed by atoms with Gasteiger partial charge in [0.2, 0.25) is 0 Å². The average Bonchev–Trinajstić information content (AvgIpc) is 2.15. The molecule has 1 N–H and O–H groups in total. The first-order valence-electron chi connectivity index (χ1n) is 5.12. The average molecular weight is 184 g/mol. The SMILES string of the molecule is CCC1COCC(C)N1CCC=N. The fourth-order valence-electron chi connectivity index (χ4n) is 1.89. The van der Waals surface area contributed by atoms with E-state index < -0.39 is 0 Å². The van der Waals surface area contributed by atoms with E-state index in [0.717, 1.165) is 32.6 Å². The molecule has 0 aromatic heterocycles. The van der Waals surface area contributed by atoms with Crippen LogP contribution in [0.5, 0.6) is 0 Å². The van der Waals surface area contributed by atoms with Crippen LogP contribution in [-0.4, -0.2) is 43.0 Å². The molecule has 0 aromatic rings. The van der Waals surface area contributed by atoms with Gasteiger partial charge in [0.1, 0.15) is 0 Å². The Morgan fingerprint density at radius 3 is 2.92 bits per heavy atom. The minimum atomic E-state index is 0.513. The van der Waals surface area contributed by atoms with Crippen LogP contribution >= 0.6 is 0 Å². The van der Waals surface area contributed by atoms with Crippen molar-refractivity contribution in [2.24, 2.45) is 0 Å². The van der Waals surface area contributed by atoms with Crippen LogP contribution < -0.4 is 0 Å². The largest absolute Gasteiger partial charge is 0.378 e. The lowest BCUT2D eigenvalue weighted by Crippen LogP contribution is -2.50. The number of rotatable bonds is 4. The molecule has 0 amide bonds. The van der Waals surface area contributed by atoms with E-state index in [1.807, 2.05) is 0 Å². The molecule has 1 heterocycles. The van der Waals surface area contributed by atoms with Crippen LogP contribution in [0, 0.1) is 5.41 Å². The molecule has 1 fully saturated rings. The normalized spacial score (nSPS) is 30.3. The molecule has 3 nitrogen and oxygen atoms in total. The molecule has 2 unspecified atom stereocenters. The van der Waals surface area contributed by atoms with Crippen molar-refractivity contribution in [1.82, 2.24) is 4.90 Å². The second-order valence-electron chi connectivity index (χ2n) is 3.68. The predicted octanol–water partition coefficient (Wildman–Crippen LogP) is 1.53. The summed E-state index contributed by atoms with van der Waals surface area (Å²) < 4.78 is 5.50. The van der Waals surface area contributed by atoms with E-state index in [4.69, 9.17) is 10.1 Å². The smallest absolute Gasteiger partial charge is 0.0622 e. The van der Waals surface area contributed by atoms with Crippen molar-refractivity contribution < 1.29 is 4.74 Å². The van der Waals surface area contributed by atoms with E-state index >= 15 is 0 Å². The molecule has 0 spiro atoms. The Bertz CT molecular complexity index is 161. The number of nitrogens with zero attached hydrogens (tertiary/aromatic N) is 1. The van der Waals surface area contributed by atoms with Gasteiger partial charge in [-0.1, -0.05) is 6.92 Å². The second kappa shape index (κ2) is 5.35. The first-order chi connectivity index (χ1) is 6.29. The lowest BCUT2D eigenvalue weighted by Gasteiger charge is -2.39. The summed E-state index contributed by atoms with van der Waals surface area (Å²) >= 11 is 0. The van der Waals surface area contributed by atoms with Gasteiger partial charge in [-0.25, -0.2) is 0 Å². The maximum Gasteiger partial charge on any atom is 0.0622 e. The molecular formula is C10H20N2O. The van der Waals surface area contributed by atoms with Crippen LogP contribution in [0.3, 0.4) is 0 Å². The van der Waals surface area contributed by atoms with Crippen molar-refractivity contribution in [3.8, 4) is 0 Å². The number of nitrogens with one attached hydrogen (secondary N) is 1. The fraction of sp³-hybridized carbons (Fsp3) is 0.900. The Labute approximate surface area is 80.6 Å². The highest BCUT2D eigenvalue weighted by Gasteiger charge is 2.26. The lowest BCUT2D eigenvalue weighted by atomic mass is 10.1.